The summed E-state index contributed by atoms with van der Waals surface area (Å²) in [5, 5.41) is 6.79. The Labute approximate surface area is 147 Å². The Bertz CT molecular complexity index is 781. The molecular formula is C19H25N3O3. The van der Waals surface area contributed by atoms with Crippen LogP contribution >= 0.6 is 0 Å². The van der Waals surface area contributed by atoms with E-state index in [1.165, 1.54) is 0 Å². The summed E-state index contributed by atoms with van der Waals surface area (Å²) >= 11 is 0. The topological polar surface area (TPSA) is 74.6 Å². The predicted molar refractivity (Wildman–Crippen MR) is 96.1 cm³/mol. The molecule has 1 atom stereocenters. The number of piperazine rings is 1. The zero-order valence-corrected chi connectivity index (χ0v) is 15.0. The fourth-order valence-corrected chi connectivity index (χ4v) is 3.38. The van der Waals surface area contributed by atoms with E-state index < -0.39 is 6.04 Å². The number of hydrogen-bond acceptors (Lipinski definition) is 4. The Kier molecular flexibility index (Phi) is 5.08. The summed E-state index contributed by atoms with van der Waals surface area (Å²) in [6.45, 7) is 7.80. The van der Waals surface area contributed by atoms with Crippen molar-refractivity contribution in [3.63, 3.8) is 0 Å². The largest absolute Gasteiger partial charge is 0.459 e. The van der Waals surface area contributed by atoms with E-state index in [1.54, 1.807) is 0 Å². The maximum atomic E-state index is 12.4. The third-order valence-corrected chi connectivity index (χ3v) is 4.80. The van der Waals surface area contributed by atoms with Gasteiger partial charge in [-0.05, 0) is 26.8 Å². The highest BCUT2D eigenvalue weighted by Crippen LogP contribution is 2.24. The van der Waals surface area contributed by atoms with Gasteiger partial charge in [-0.1, -0.05) is 18.2 Å². The van der Waals surface area contributed by atoms with Gasteiger partial charge in [0, 0.05) is 30.1 Å². The average Bonchev–Trinajstić information content (AvgIpc) is 2.91. The quantitative estimate of drug-likeness (QED) is 0.870. The zero-order chi connectivity index (χ0) is 18.0. The smallest absolute Gasteiger partial charge is 0.237 e. The average molecular weight is 343 g/mol. The Morgan fingerprint density at radius 2 is 2.16 bits per heavy atom. The molecule has 134 valence electrons. The standard InChI is InChI=1S/C19H25N3O3/c1-12(2)22-9-8-20-19(24)15(22)10-18(23)21-11-17-13(3)14-6-4-5-7-16(14)25-17/h4-7,12,15H,8-11H2,1-3H3,(H,20,24)(H,21,23)/t15-/m1/s1. The number of furan rings is 1. The van der Waals surface area contributed by atoms with Gasteiger partial charge in [-0.2, -0.15) is 0 Å². The van der Waals surface area contributed by atoms with Gasteiger partial charge in [0.2, 0.25) is 11.8 Å². The van der Waals surface area contributed by atoms with Crippen molar-refractivity contribution < 1.29 is 14.0 Å². The van der Waals surface area contributed by atoms with Crippen LogP contribution in [0.15, 0.2) is 28.7 Å². The summed E-state index contributed by atoms with van der Waals surface area (Å²) in [6.07, 6.45) is 0.156. The SMILES string of the molecule is Cc1c(CNC(=O)C[C@@H]2C(=O)NCCN2C(C)C)oc2ccccc12. The van der Waals surface area contributed by atoms with Crippen molar-refractivity contribution in [2.24, 2.45) is 0 Å². The second-order valence-electron chi connectivity index (χ2n) is 6.77. The van der Waals surface area contributed by atoms with Crippen LogP contribution in [-0.2, 0) is 16.1 Å². The lowest BCUT2D eigenvalue weighted by Crippen LogP contribution is -2.58. The Morgan fingerprint density at radius 1 is 1.40 bits per heavy atom. The van der Waals surface area contributed by atoms with E-state index in [0.29, 0.717) is 13.1 Å². The fourth-order valence-electron chi connectivity index (χ4n) is 3.38. The fraction of sp³-hybridized carbons (Fsp3) is 0.474. The molecule has 2 heterocycles. The van der Waals surface area contributed by atoms with Crippen LogP contribution in [0, 0.1) is 6.92 Å². The van der Waals surface area contributed by atoms with E-state index in [2.05, 4.69) is 15.5 Å². The van der Waals surface area contributed by atoms with Gasteiger partial charge in [0.25, 0.3) is 0 Å². The summed E-state index contributed by atoms with van der Waals surface area (Å²) in [5.74, 6) is 0.533. The number of aryl methyl sites for hydroxylation is 1. The van der Waals surface area contributed by atoms with Crippen LogP contribution in [0.5, 0.6) is 0 Å². The first kappa shape index (κ1) is 17.5. The molecule has 0 radical (unpaired) electrons. The third kappa shape index (κ3) is 3.69. The van der Waals surface area contributed by atoms with E-state index >= 15 is 0 Å². The number of nitrogens with zero attached hydrogens (tertiary/aromatic N) is 1. The van der Waals surface area contributed by atoms with Crippen LogP contribution in [-0.4, -0.2) is 41.9 Å². The predicted octanol–water partition coefficient (Wildman–Crippen LogP) is 1.96. The molecule has 2 amide bonds. The van der Waals surface area contributed by atoms with Crippen molar-refractivity contribution in [1.82, 2.24) is 15.5 Å². The number of carbonyl (C=O) groups is 2. The molecule has 3 rings (SSSR count). The minimum absolute atomic E-state index is 0.0741. The molecule has 1 saturated heterocycles. The lowest BCUT2D eigenvalue weighted by Gasteiger charge is -2.37. The van der Waals surface area contributed by atoms with Gasteiger partial charge in [0.05, 0.1) is 19.0 Å². The number of amides is 2. The molecule has 1 aliphatic rings. The summed E-state index contributed by atoms with van der Waals surface area (Å²) < 4.78 is 5.82. The second kappa shape index (κ2) is 7.27. The van der Waals surface area contributed by atoms with Crippen molar-refractivity contribution >= 4 is 22.8 Å². The number of rotatable bonds is 5. The van der Waals surface area contributed by atoms with E-state index in [4.69, 9.17) is 4.42 Å². The summed E-state index contributed by atoms with van der Waals surface area (Å²) in [6, 6.07) is 7.63. The van der Waals surface area contributed by atoms with E-state index in [-0.39, 0.29) is 24.3 Å². The molecular weight excluding hydrogens is 318 g/mol. The van der Waals surface area contributed by atoms with Gasteiger partial charge in [-0.25, -0.2) is 0 Å². The lowest BCUT2D eigenvalue weighted by atomic mass is 10.1. The van der Waals surface area contributed by atoms with Crippen molar-refractivity contribution in [1.29, 1.82) is 0 Å². The molecule has 2 aromatic rings. The van der Waals surface area contributed by atoms with E-state index in [1.807, 2.05) is 45.0 Å². The molecule has 0 unspecified atom stereocenters. The molecule has 1 aliphatic heterocycles. The highest BCUT2D eigenvalue weighted by Gasteiger charge is 2.32. The van der Waals surface area contributed by atoms with Crippen LogP contribution < -0.4 is 10.6 Å². The molecule has 2 N–H and O–H groups in total. The zero-order valence-electron chi connectivity index (χ0n) is 15.0. The summed E-state index contributed by atoms with van der Waals surface area (Å²) in [7, 11) is 0. The molecule has 0 spiro atoms. The van der Waals surface area contributed by atoms with E-state index in [0.717, 1.165) is 28.8 Å². The molecule has 1 aromatic carbocycles. The van der Waals surface area contributed by atoms with Crippen molar-refractivity contribution in [2.75, 3.05) is 13.1 Å². The van der Waals surface area contributed by atoms with Gasteiger partial charge < -0.3 is 15.1 Å². The van der Waals surface area contributed by atoms with Crippen LogP contribution in [0.1, 0.15) is 31.6 Å². The number of para-hydroxylation sites is 1. The van der Waals surface area contributed by atoms with Gasteiger partial charge in [-0.3, -0.25) is 14.5 Å². The normalized spacial score (nSPS) is 18.6. The molecule has 1 fully saturated rings. The maximum Gasteiger partial charge on any atom is 0.237 e. The Hall–Kier alpha value is -2.34. The molecule has 1 aromatic heterocycles. The highest BCUT2D eigenvalue weighted by atomic mass is 16.3. The number of benzene rings is 1. The minimum Gasteiger partial charge on any atom is -0.459 e. The Balaban J connectivity index is 1.63. The first-order chi connectivity index (χ1) is 12.0. The Morgan fingerprint density at radius 3 is 2.88 bits per heavy atom. The van der Waals surface area contributed by atoms with Crippen molar-refractivity contribution in [2.45, 2.75) is 45.8 Å². The number of fused-ring (bicyclic) bond motifs is 1. The lowest BCUT2D eigenvalue weighted by molar-refractivity contribution is -0.134. The molecule has 0 saturated carbocycles. The van der Waals surface area contributed by atoms with Crippen molar-refractivity contribution in [3.05, 3.63) is 35.6 Å². The van der Waals surface area contributed by atoms with Crippen LogP contribution in [0.2, 0.25) is 0 Å². The minimum atomic E-state index is -0.412. The monoisotopic (exact) mass is 343 g/mol. The van der Waals surface area contributed by atoms with Crippen LogP contribution in [0.25, 0.3) is 11.0 Å². The number of hydrogen-bond donors (Lipinski definition) is 2. The van der Waals surface area contributed by atoms with Crippen molar-refractivity contribution in [3.8, 4) is 0 Å². The third-order valence-electron chi connectivity index (χ3n) is 4.80. The molecule has 0 bridgehead atoms. The maximum absolute atomic E-state index is 12.4. The number of carbonyl (C=O) groups excluding carboxylic acids is 2. The molecule has 25 heavy (non-hydrogen) atoms. The molecule has 6 nitrogen and oxygen atoms in total. The number of nitrogens with one attached hydrogen (secondary N) is 2. The first-order valence-electron chi connectivity index (χ1n) is 8.74. The second-order valence-corrected chi connectivity index (χ2v) is 6.77. The van der Waals surface area contributed by atoms with Crippen LogP contribution in [0.3, 0.4) is 0 Å². The van der Waals surface area contributed by atoms with Gasteiger partial charge in [0.15, 0.2) is 0 Å². The van der Waals surface area contributed by atoms with Crippen LogP contribution in [0.4, 0.5) is 0 Å². The van der Waals surface area contributed by atoms with E-state index in [9.17, 15) is 9.59 Å². The molecule has 6 heteroatoms. The van der Waals surface area contributed by atoms with Gasteiger partial charge in [0.1, 0.15) is 11.3 Å². The highest BCUT2D eigenvalue weighted by molar-refractivity contribution is 5.89. The van der Waals surface area contributed by atoms with Gasteiger partial charge >= 0.3 is 0 Å². The molecule has 0 aliphatic carbocycles. The first-order valence-corrected chi connectivity index (χ1v) is 8.74. The summed E-state index contributed by atoms with van der Waals surface area (Å²) in [4.78, 5) is 26.6. The summed E-state index contributed by atoms with van der Waals surface area (Å²) in [5.41, 5.74) is 1.86. The van der Waals surface area contributed by atoms with Gasteiger partial charge in [-0.15, -0.1) is 0 Å².